The minimum atomic E-state index is -2.21. The van der Waals surface area contributed by atoms with E-state index >= 15 is 0 Å². The van der Waals surface area contributed by atoms with E-state index in [-0.39, 0.29) is 0 Å². The number of epoxide rings is 1. The van der Waals surface area contributed by atoms with Gasteiger partial charge in [-0.1, -0.05) is 11.6 Å². The van der Waals surface area contributed by atoms with Crippen LogP contribution >= 0.6 is 11.6 Å². The first kappa shape index (κ1) is 71.2. The second-order valence-corrected chi connectivity index (χ2v) is 22.8. The highest BCUT2D eigenvalue weighted by atomic mass is 35.5. The summed E-state index contributed by atoms with van der Waals surface area (Å²) >= 11 is 5.71. The van der Waals surface area contributed by atoms with Crippen LogP contribution in [0.1, 0.15) is 0 Å². The first-order valence-electron chi connectivity index (χ1n) is 28.5. The van der Waals surface area contributed by atoms with E-state index in [4.69, 9.17) is 87.4 Å². The van der Waals surface area contributed by atoms with Crippen LogP contribution in [-0.4, -0.2) is 388 Å². The van der Waals surface area contributed by atoms with E-state index in [0.29, 0.717) is 12.7 Å². The quantitative estimate of drug-likeness (QED) is 0.0967. The predicted molar refractivity (Wildman–Crippen MR) is 275 cm³/mol. The van der Waals surface area contributed by atoms with Crippen molar-refractivity contribution in [3.05, 3.63) is 29.3 Å². The van der Waals surface area contributed by atoms with Gasteiger partial charge in [0, 0.05) is 5.02 Å². The number of aliphatic hydroxyl groups excluding tert-OH is 21. The van der Waals surface area contributed by atoms with Crippen molar-refractivity contribution in [3.63, 3.8) is 0 Å². The van der Waals surface area contributed by atoms with Crippen LogP contribution in [-0.2, 0) is 71.1 Å². The van der Waals surface area contributed by atoms with E-state index in [9.17, 15) is 107 Å². The van der Waals surface area contributed by atoms with Crippen LogP contribution in [0.15, 0.2) is 24.3 Å². The molecule has 0 radical (unpaired) electrons. The Balaban J connectivity index is 0.000000695. The molecule has 512 valence electrons. The maximum Gasteiger partial charge on any atom is 0.187 e. The second-order valence-electron chi connectivity index (χ2n) is 22.4. The van der Waals surface area contributed by atoms with Crippen LogP contribution in [0.4, 0.5) is 0 Å². The van der Waals surface area contributed by atoms with Gasteiger partial charge in [-0.3, -0.25) is 0 Å². The SMILES string of the molecule is Clc1ccc(OCC2CO2)cc1.OC[C@H]1O[C@@H]2O[C@H]3[C@H](O)[C@@H](O)[C@@H](O[C@H]4[C@H](O)[C@@H](O)[C@@H](O[C@H]5[C@H](O)[C@@H](O)[C@@H](O[C@H]6[C@H](O)[C@@H](O)[C@@H](O[C@H]7[C@H](O)[C@@H](O)[C@@H](O[C@H]8[C@H](O)[C@@H](O)[C@@H](O[C@H]1[C@H](O)[C@H]2O)O[C@@H]8CO)O[C@@H]7CO)O[C@@H]6CO)O[C@@H]5CO)O[C@@H]4CO)O[C@@H]3CO. The van der Waals surface area contributed by atoms with Crippen molar-refractivity contribution in [3.8, 4) is 5.75 Å². The van der Waals surface area contributed by atoms with Gasteiger partial charge in [0.1, 0.15) is 189 Å². The predicted octanol–water partition coefficient (Wildman–Crippen LogP) is -13.1. The van der Waals surface area contributed by atoms with Crippen molar-refractivity contribution in [2.75, 3.05) is 59.5 Å². The zero-order valence-electron chi connectivity index (χ0n) is 46.8. The maximum atomic E-state index is 11.3. The normalized spacial score (nSPS) is 50.7. The monoisotopic (exact) mass is 1320 g/mol. The summed E-state index contributed by atoms with van der Waals surface area (Å²) < 4.78 is 89.9. The van der Waals surface area contributed by atoms with Gasteiger partial charge < -0.3 is 183 Å². The molecule has 89 heavy (non-hydrogen) atoms. The lowest BCUT2D eigenvalue weighted by atomic mass is 9.95. The topological polar surface area (TPSA) is 576 Å². The van der Waals surface area contributed by atoms with Gasteiger partial charge in [-0.15, -0.1) is 0 Å². The molecule has 14 bridgehead atoms. The summed E-state index contributed by atoms with van der Waals surface area (Å²) in [6.07, 6.45) is -69.9. The molecule has 37 nitrogen and oxygen atoms in total. The molecule has 0 spiro atoms. The molecule has 22 fully saturated rings. The van der Waals surface area contributed by atoms with Gasteiger partial charge in [-0.05, 0) is 24.3 Å². The number of halogens is 1. The summed E-state index contributed by atoms with van der Waals surface area (Å²) in [6, 6.07) is 7.32. The smallest absolute Gasteiger partial charge is 0.187 e. The van der Waals surface area contributed by atoms with Gasteiger partial charge in [-0.25, -0.2) is 0 Å². The number of hydrogen-bond acceptors (Lipinski definition) is 37. The number of rotatable bonds is 10. The Bertz CT molecular complexity index is 1940. The van der Waals surface area contributed by atoms with Crippen molar-refractivity contribution >= 4 is 11.6 Å². The molecule has 21 N–H and O–H groups in total. The van der Waals surface area contributed by atoms with Crippen LogP contribution in [0, 0.1) is 0 Å². The summed E-state index contributed by atoms with van der Waals surface area (Å²) in [7, 11) is 0. The van der Waals surface area contributed by atoms with Crippen molar-refractivity contribution < 1.29 is 183 Å². The largest absolute Gasteiger partial charge is 0.491 e. The molecular formula is C51H79ClO37. The summed E-state index contributed by atoms with van der Waals surface area (Å²) in [5, 5.41) is 231. The van der Waals surface area contributed by atoms with Gasteiger partial charge in [0.05, 0.1) is 52.9 Å². The third kappa shape index (κ3) is 15.4. The van der Waals surface area contributed by atoms with E-state index in [1.807, 2.05) is 24.3 Å². The molecule has 0 aromatic heterocycles. The number of aliphatic hydroxyl groups is 21. The molecule has 1 unspecified atom stereocenters. The van der Waals surface area contributed by atoms with Crippen molar-refractivity contribution in [2.24, 2.45) is 0 Å². The van der Waals surface area contributed by atoms with Crippen LogP contribution < -0.4 is 4.74 Å². The van der Waals surface area contributed by atoms with Gasteiger partial charge in [0.2, 0.25) is 0 Å². The lowest BCUT2D eigenvalue weighted by Crippen LogP contribution is -2.68. The molecule has 22 heterocycles. The summed E-state index contributed by atoms with van der Waals surface area (Å²) in [4.78, 5) is 0. The average Bonchev–Trinajstić information content (AvgIpc) is 1.29. The van der Waals surface area contributed by atoms with Gasteiger partial charge in [0.15, 0.2) is 44.0 Å². The van der Waals surface area contributed by atoms with Gasteiger partial charge >= 0.3 is 0 Å². The third-order valence-corrected chi connectivity index (χ3v) is 16.7. The molecule has 23 rings (SSSR count). The van der Waals surface area contributed by atoms with Crippen LogP contribution in [0.25, 0.3) is 0 Å². The van der Waals surface area contributed by atoms with Gasteiger partial charge in [0.25, 0.3) is 0 Å². The van der Waals surface area contributed by atoms with E-state index in [1.54, 1.807) is 0 Å². The Hall–Kier alpha value is -2.13. The molecule has 22 saturated heterocycles. The number of ether oxygens (including phenoxy) is 16. The Morgan fingerprint density at radius 2 is 0.472 bits per heavy atom. The van der Waals surface area contributed by atoms with Gasteiger partial charge in [-0.2, -0.15) is 0 Å². The highest BCUT2D eigenvalue weighted by Gasteiger charge is 2.59. The van der Waals surface area contributed by atoms with E-state index in [1.165, 1.54) is 0 Å². The Morgan fingerprint density at radius 1 is 0.292 bits per heavy atom. The highest BCUT2D eigenvalue weighted by molar-refractivity contribution is 6.30. The fraction of sp³-hybridized carbons (Fsp3) is 0.882. The second kappa shape index (κ2) is 31.2. The summed E-state index contributed by atoms with van der Waals surface area (Å²) in [5.41, 5.74) is 0. The van der Waals surface area contributed by atoms with E-state index in [2.05, 4.69) is 0 Å². The molecule has 1 aromatic carbocycles. The zero-order valence-corrected chi connectivity index (χ0v) is 47.5. The number of hydrogen-bond donors (Lipinski definition) is 21. The molecule has 1 aromatic rings. The first-order valence-corrected chi connectivity index (χ1v) is 28.8. The molecule has 0 amide bonds. The minimum absolute atomic E-state index is 0.306. The Morgan fingerprint density at radius 3 is 0.629 bits per heavy atom. The lowest BCUT2D eigenvalue weighted by Gasteiger charge is -2.50. The van der Waals surface area contributed by atoms with Crippen LogP contribution in [0.2, 0.25) is 5.02 Å². The number of benzene rings is 1. The van der Waals surface area contributed by atoms with Crippen molar-refractivity contribution in [2.45, 2.75) is 221 Å². The molecule has 0 saturated carbocycles. The molecule has 22 aliphatic heterocycles. The minimum Gasteiger partial charge on any atom is -0.491 e. The maximum absolute atomic E-state index is 11.3. The molecule has 38 heteroatoms. The highest BCUT2D eigenvalue weighted by Crippen LogP contribution is 2.39. The van der Waals surface area contributed by atoms with Crippen molar-refractivity contribution in [1.29, 1.82) is 0 Å². The Labute approximate surface area is 509 Å². The third-order valence-electron chi connectivity index (χ3n) is 16.4. The summed E-state index contributed by atoms with van der Waals surface area (Å²) in [5.74, 6) is 0.843. The first-order chi connectivity index (χ1) is 42.5. The standard InChI is InChI=1S/C42H70O35.C9H9ClO2/c43-1-8-29-15(50)22(57)36(64-8)72-30-9(2-44)66-38(24(59)17(30)52)74-32-11(4-46)68-40(26(61)19(32)54)76-34-13(6-48)70-42(28(63)21(34)56)77-35-14(7-49)69-41(27(62)20(35)55)75-33-12(5-47)67-39(25(60)18(33)53)73-31-10(3-45)65-37(71-29)23(58)16(31)51;10-7-1-3-8(4-2-7)11-5-9-6-12-9/h8-63H,1-7H2;1-4,9H,5-6H2/t8-,9-,10-,11-,12-,13-,14-,15-,16-,17-,18-,19-,20-,21-,22-,23-,24-,25-,26-,27-,28-,29-,30-,31-,32-,33-,34-,35-,36-,37-,38-,39-,40-,41-,42-;/m1./s1. The van der Waals surface area contributed by atoms with Crippen LogP contribution in [0.3, 0.4) is 0 Å². The van der Waals surface area contributed by atoms with Crippen LogP contribution in [0.5, 0.6) is 5.75 Å². The lowest BCUT2D eigenvalue weighted by molar-refractivity contribution is -0.396. The van der Waals surface area contributed by atoms with Crippen molar-refractivity contribution in [1.82, 2.24) is 0 Å². The summed E-state index contributed by atoms with van der Waals surface area (Å²) in [6.45, 7) is -5.86. The van der Waals surface area contributed by atoms with E-state index in [0.717, 1.165) is 17.4 Å². The Kier molecular flexibility index (Phi) is 24.9. The molecule has 36 atom stereocenters. The average molecular weight is 1320 g/mol. The van der Waals surface area contributed by atoms with E-state index < -0.39 is 261 Å². The zero-order chi connectivity index (χ0) is 64.4. The fourth-order valence-electron chi connectivity index (χ4n) is 11.3. The fourth-order valence-corrected chi connectivity index (χ4v) is 11.4. The molecular weight excluding hydrogens is 1240 g/mol. The molecule has 0 aliphatic carbocycles. The molecule has 22 aliphatic rings.